The summed E-state index contributed by atoms with van der Waals surface area (Å²) in [7, 11) is 0. The minimum atomic E-state index is -0.755. The predicted molar refractivity (Wildman–Crippen MR) is 97.4 cm³/mol. The highest BCUT2D eigenvalue weighted by molar-refractivity contribution is 5.77. The van der Waals surface area contributed by atoms with Crippen molar-refractivity contribution in [1.82, 2.24) is 19.9 Å². The van der Waals surface area contributed by atoms with Gasteiger partial charge in [0.2, 0.25) is 11.8 Å². The third kappa shape index (κ3) is 4.82. The fourth-order valence-corrected chi connectivity index (χ4v) is 4.38. The van der Waals surface area contributed by atoms with Gasteiger partial charge in [0.25, 0.3) is 0 Å². The quantitative estimate of drug-likeness (QED) is 0.834. The monoisotopic (exact) mass is 364 g/mol. The van der Waals surface area contributed by atoms with Crippen LogP contribution in [0.4, 0.5) is 0 Å². The SMILES string of the molecule is CCN(Cc1noc(C)n1)[C@@H]1CCCN(C(=O)CC2(O)CCCC2)CC1. The van der Waals surface area contributed by atoms with Gasteiger partial charge in [-0.05, 0) is 38.6 Å². The summed E-state index contributed by atoms with van der Waals surface area (Å²) in [6, 6.07) is 0.422. The van der Waals surface area contributed by atoms with Gasteiger partial charge in [-0.3, -0.25) is 9.69 Å². The van der Waals surface area contributed by atoms with E-state index < -0.39 is 5.60 Å². The molecular weight excluding hydrogens is 332 g/mol. The van der Waals surface area contributed by atoms with Gasteiger partial charge in [-0.25, -0.2) is 0 Å². The number of aromatic nitrogens is 2. The zero-order chi connectivity index (χ0) is 18.6. The van der Waals surface area contributed by atoms with Gasteiger partial charge in [0.15, 0.2) is 5.82 Å². The number of aliphatic hydroxyl groups is 1. The minimum Gasteiger partial charge on any atom is -0.389 e. The molecule has 146 valence electrons. The standard InChI is InChI=1S/C19H32N4O3/c1-3-22(14-17-20-15(2)26-21-17)16-7-6-11-23(12-8-16)18(24)13-19(25)9-4-5-10-19/h16,25H,3-14H2,1-2H3/t16-/m1/s1. The van der Waals surface area contributed by atoms with Crippen molar-refractivity contribution < 1.29 is 14.4 Å². The van der Waals surface area contributed by atoms with Gasteiger partial charge < -0.3 is 14.5 Å². The molecule has 1 atom stereocenters. The molecule has 2 heterocycles. The molecule has 26 heavy (non-hydrogen) atoms. The van der Waals surface area contributed by atoms with Crippen LogP contribution in [0.2, 0.25) is 0 Å². The molecule has 7 heteroatoms. The summed E-state index contributed by atoms with van der Waals surface area (Å²) in [6.45, 7) is 7.13. The molecule has 1 aromatic heterocycles. The number of amides is 1. The van der Waals surface area contributed by atoms with Gasteiger partial charge in [0.05, 0.1) is 18.6 Å². The average Bonchev–Trinajstić information content (AvgIpc) is 3.13. The van der Waals surface area contributed by atoms with Crippen LogP contribution in [0.25, 0.3) is 0 Å². The van der Waals surface area contributed by atoms with E-state index in [1.165, 1.54) is 0 Å². The van der Waals surface area contributed by atoms with Crippen molar-refractivity contribution in [3.05, 3.63) is 11.7 Å². The Morgan fingerprint density at radius 3 is 2.73 bits per heavy atom. The topological polar surface area (TPSA) is 82.7 Å². The third-order valence-electron chi connectivity index (χ3n) is 5.90. The summed E-state index contributed by atoms with van der Waals surface area (Å²) in [5, 5.41) is 14.5. The molecule has 2 fully saturated rings. The highest BCUT2D eigenvalue weighted by atomic mass is 16.5. The second-order valence-electron chi connectivity index (χ2n) is 7.87. The minimum absolute atomic E-state index is 0.117. The number of hydrogen-bond acceptors (Lipinski definition) is 6. The van der Waals surface area contributed by atoms with Gasteiger partial charge in [0.1, 0.15) is 0 Å². The first-order valence-corrected chi connectivity index (χ1v) is 10.0. The Balaban J connectivity index is 1.53. The summed E-state index contributed by atoms with van der Waals surface area (Å²) in [5.41, 5.74) is -0.755. The van der Waals surface area contributed by atoms with E-state index in [0.717, 1.165) is 70.4 Å². The van der Waals surface area contributed by atoms with Gasteiger partial charge in [-0.1, -0.05) is 24.9 Å². The summed E-state index contributed by atoms with van der Waals surface area (Å²) in [5.74, 6) is 1.44. The first kappa shape index (κ1) is 19.3. The number of carbonyl (C=O) groups is 1. The third-order valence-corrected chi connectivity index (χ3v) is 5.90. The molecule has 0 bridgehead atoms. The summed E-state index contributed by atoms with van der Waals surface area (Å²) in [6.07, 6.45) is 6.91. The van der Waals surface area contributed by atoms with Crippen LogP contribution in [0.1, 0.15) is 70.0 Å². The van der Waals surface area contributed by atoms with E-state index in [4.69, 9.17) is 4.52 Å². The second-order valence-corrected chi connectivity index (χ2v) is 7.87. The fourth-order valence-electron chi connectivity index (χ4n) is 4.38. The number of likely N-dealkylation sites (tertiary alicyclic amines) is 1. The van der Waals surface area contributed by atoms with Crippen LogP contribution in [-0.4, -0.2) is 62.2 Å². The van der Waals surface area contributed by atoms with Crippen molar-refractivity contribution in [2.75, 3.05) is 19.6 Å². The van der Waals surface area contributed by atoms with Gasteiger partial charge in [-0.15, -0.1) is 0 Å². The van der Waals surface area contributed by atoms with Crippen molar-refractivity contribution in [1.29, 1.82) is 0 Å². The molecule has 1 aliphatic heterocycles. The van der Waals surface area contributed by atoms with Crippen molar-refractivity contribution in [2.24, 2.45) is 0 Å². The Kier molecular flexibility index (Phi) is 6.29. The molecule has 3 rings (SSSR count). The molecule has 1 aromatic rings. The first-order chi connectivity index (χ1) is 12.5. The molecular formula is C19H32N4O3. The molecule has 1 amide bonds. The number of nitrogens with zero attached hydrogens (tertiary/aromatic N) is 4. The number of rotatable bonds is 6. The lowest BCUT2D eigenvalue weighted by atomic mass is 9.97. The first-order valence-electron chi connectivity index (χ1n) is 10.0. The number of aryl methyl sites for hydroxylation is 1. The zero-order valence-corrected chi connectivity index (χ0v) is 16.1. The highest BCUT2D eigenvalue weighted by Crippen LogP contribution is 2.33. The molecule has 2 aliphatic rings. The van der Waals surface area contributed by atoms with Crippen LogP contribution in [0.3, 0.4) is 0 Å². The van der Waals surface area contributed by atoms with Crippen molar-refractivity contribution >= 4 is 5.91 Å². The summed E-state index contributed by atoms with van der Waals surface area (Å²) in [4.78, 5) is 21.3. The lowest BCUT2D eigenvalue weighted by molar-refractivity contribution is -0.136. The van der Waals surface area contributed by atoms with Gasteiger partial charge in [-0.2, -0.15) is 4.98 Å². The van der Waals surface area contributed by atoms with Crippen LogP contribution in [0, 0.1) is 6.92 Å². The summed E-state index contributed by atoms with van der Waals surface area (Å²) >= 11 is 0. The van der Waals surface area contributed by atoms with E-state index in [1.54, 1.807) is 6.92 Å². The van der Waals surface area contributed by atoms with Crippen molar-refractivity contribution in [3.8, 4) is 0 Å². The van der Waals surface area contributed by atoms with Crippen LogP contribution < -0.4 is 0 Å². The lowest BCUT2D eigenvalue weighted by Crippen LogP contribution is -2.39. The molecule has 0 aromatic carbocycles. The number of carbonyl (C=O) groups excluding carboxylic acids is 1. The van der Waals surface area contributed by atoms with Crippen LogP contribution in [0.5, 0.6) is 0 Å². The van der Waals surface area contributed by atoms with E-state index in [2.05, 4.69) is 22.0 Å². The molecule has 1 N–H and O–H groups in total. The smallest absolute Gasteiger partial charge is 0.225 e. The Bertz CT molecular complexity index is 597. The van der Waals surface area contributed by atoms with Crippen molar-refractivity contribution in [3.63, 3.8) is 0 Å². The molecule has 1 aliphatic carbocycles. The second kappa shape index (κ2) is 8.48. The van der Waals surface area contributed by atoms with Crippen LogP contribution in [-0.2, 0) is 11.3 Å². The predicted octanol–water partition coefficient (Wildman–Crippen LogP) is 2.28. The van der Waals surface area contributed by atoms with E-state index in [9.17, 15) is 9.90 Å². The Morgan fingerprint density at radius 2 is 2.08 bits per heavy atom. The van der Waals surface area contributed by atoms with Crippen LogP contribution in [0.15, 0.2) is 4.52 Å². The Morgan fingerprint density at radius 1 is 1.31 bits per heavy atom. The largest absolute Gasteiger partial charge is 0.389 e. The highest BCUT2D eigenvalue weighted by Gasteiger charge is 2.35. The number of hydrogen-bond donors (Lipinski definition) is 1. The lowest BCUT2D eigenvalue weighted by Gasteiger charge is -2.29. The zero-order valence-electron chi connectivity index (χ0n) is 16.1. The van der Waals surface area contributed by atoms with Crippen molar-refractivity contribution in [2.45, 2.75) is 83.4 Å². The molecule has 7 nitrogen and oxygen atoms in total. The van der Waals surface area contributed by atoms with E-state index in [-0.39, 0.29) is 12.3 Å². The maximum absolute atomic E-state index is 12.7. The average molecular weight is 364 g/mol. The van der Waals surface area contributed by atoms with Gasteiger partial charge >= 0.3 is 0 Å². The summed E-state index contributed by atoms with van der Waals surface area (Å²) < 4.78 is 5.08. The molecule has 0 unspecified atom stereocenters. The fraction of sp³-hybridized carbons (Fsp3) is 0.842. The normalized spacial score (nSPS) is 23.4. The Hall–Kier alpha value is -1.47. The maximum Gasteiger partial charge on any atom is 0.225 e. The molecule has 1 saturated heterocycles. The van der Waals surface area contributed by atoms with E-state index in [1.807, 2.05) is 4.90 Å². The maximum atomic E-state index is 12.7. The van der Waals surface area contributed by atoms with E-state index >= 15 is 0 Å². The van der Waals surface area contributed by atoms with Gasteiger partial charge in [0, 0.05) is 26.1 Å². The molecule has 0 radical (unpaired) electrons. The molecule has 0 spiro atoms. The molecule has 1 saturated carbocycles. The van der Waals surface area contributed by atoms with E-state index in [0.29, 0.717) is 18.5 Å². The van der Waals surface area contributed by atoms with Crippen LogP contribution >= 0.6 is 0 Å². The Labute approximate surface area is 155 Å².